The van der Waals surface area contributed by atoms with Gasteiger partial charge in [0.15, 0.2) is 0 Å². The van der Waals surface area contributed by atoms with Crippen molar-refractivity contribution in [3.63, 3.8) is 0 Å². The number of nitrogens with zero attached hydrogens (tertiary/aromatic N) is 2. The molecule has 96 valence electrons. The summed E-state index contributed by atoms with van der Waals surface area (Å²) in [5, 5.41) is 3.39. The van der Waals surface area contributed by atoms with Gasteiger partial charge >= 0.3 is 0 Å². The van der Waals surface area contributed by atoms with Gasteiger partial charge in [-0.1, -0.05) is 13.8 Å². The van der Waals surface area contributed by atoms with Gasteiger partial charge in [-0.2, -0.15) is 0 Å². The molecule has 0 radical (unpaired) electrons. The Morgan fingerprint density at radius 2 is 2.06 bits per heavy atom. The molecular formula is C13H22BrN3. The molecule has 0 bridgehead atoms. The zero-order valence-electron chi connectivity index (χ0n) is 11.1. The maximum absolute atomic E-state index is 4.31. The second-order valence-electron chi connectivity index (χ2n) is 4.99. The Labute approximate surface area is 113 Å². The van der Waals surface area contributed by atoms with Crippen molar-refractivity contribution in [2.24, 2.45) is 5.92 Å². The van der Waals surface area contributed by atoms with Crippen LogP contribution >= 0.6 is 15.9 Å². The summed E-state index contributed by atoms with van der Waals surface area (Å²) in [5.41, 5.74) is 0. The Morgan fingerprint density at radius 3 is 2.53 bits per heavy atom. The van der Waals surface area contributed by atoms with Crippen LogP contribution in [0.25, 0.3) is 0 Å². The van der Waals surface area contributed by atoms with E-state index in [-0.39, 0.29) is 0 Å². The molecule has 1 heterocycles. The maximum atomic E-state index is 4.31. The molecule has 1 N–H and O–H groups in total. The largest absolute Gasteiger partial charge is 0.369 e. The highest BCUT2D eigenvalue weighted by Crippen LogP contribution is 2.13. The molecule has 0 aliphatic carbocycles. The normalized spacial score (nSPS) is 13.1. The van der Waals surface area contributed by atoms with E-state index < -0.39 is 0 Å². The van der Waals surface area contributed by atoms with Crippen LogP contribution in [-0.2, 0) is 0 Å². The molecule has 0 fully saturated rings. The van der Waals surface area contributed by atoms with Crippen molar-refractivity contribution in [3.05, 3.63) is 22.8 Å². The van der Waals surface area contributed by atoms with E-state index >= 15 is 0 Å². The summed E-state index contributed by atoms with van der Waals surface area (Å²) in [6.07, 6.45) is 3.01. The lowest BCUT2D eigenvalue weighted by Gasteiger charge is -2.26. The second kappa shape index (κ2) is 6.97. The van der Waals surface area contributed by atoms with Crippen LogP contribution in [0.5, 0.6) is 0 Å². The molecule has 0 spiro atoms. The van der Waals surface area contributed by atoms with Gasteiger partial charge in [0.25, 0.3) is 0 Å². The minimum absolute atomic E-state index is 0.542. The van der Waals surface area contributed by atoms with E-state index in [9.17, 15) is 0 Å². The average molecular weight is 300 g/mol. The van der Waals surface area contributed by atoms with Crippen LogP contribution in [0.1, 0.15) is 20.3 Å². The number of aromatic nitrogens is 1. The van der Waals surface area contributed by atoms with Crippen molar-refractivity contribution >= 4 is 21.7 Å². The van der Waals surface area contributed by atoms with Crippen molar-refractivity contribution in [1.29, 1.82) is 0 Å². The van der Waals surface area contributed by atoms with Crippen molar-refractivity contribution < 1.29 is 0 Å². The zero-order valence-corrected chi connectivity index (χ0v) is 12.7. The molecule has 3 nitrogen and oxygen atoms in total. The first-order chi connectivity index (χ1) is 7.99. The van der Waals surface area contributed by atoms with Gasteiger partial charge in [0.2, 0.25) is 0 Å². The molecule has 1 unspecified atom stereocenters. The lowest BCUT2D eigenvalue weighted by atomic mass is 10.0. The molecular weight excluding hydrogens is 278 g/mol. The molecule has 1 aromatic heterocycles. The summed E-state index contributed by atoms with van der Waals surface area (Å²) in [7, 11) is 4.26. The van der Waals surface area contributed by atoms with E-state index in [1.54, 1.807) is 0 Å². The van der Waals surface area contributed by atoms with Gasteiger partial charge in [-0.25, -0.2) is 4.98 Å². The number of likely N-dealkylation sites (N-methyl/N-ethyl adjacent to an activating group) is 1. The number of pyridine rings is 1. The molecule has 1 rings (SSSR count). The SMILES string of the molecule is CC(C)CC(CNc1ccc(Br)cn1)N(C)C. The maximum Gasteiger partial charge on any atom is 0.126 e. The van der Waals surface area contributed by atoms with E-state index in [1.165, 1.54) is 6.42 Å². The minimum Gasteiger partial charge on any atom is -0.369 e. The monoisotopic (exact) mass is 299 g/mol. The number of anilines is 1. The van der Waals surface area contributed by atoms with Gasteiger partial charge in [-0.3, -0.25) is 0 Å². The smallest absolute Gasteiger partial charge is 0.126 e. The summed E-state index contributed by atoms with van der Waals surface area (Å²) in [6, 6.07) is 4.54. The number of nitrogens with one attached hydrogen (secondary N) is 1. The van der Waals surface area contributed by atoms with E-state index in [2.05, 4.69) is 59.1 Å². The van der Waals surface area contributed by atoms with Crippen LogP contribution < -0.4 is 5.32 Å². The topological polar surface area (TPSA) is 28.2 Å². The van der Waals surface area contributed by atoms with Crippen LogP contribution in [0, 0.1) is 5.92 Å². The van der Waals surface area contributed by atoms with Crippen molar-refractivity contribution in [2.45, 2.75) is 26.3 Å². The Bertz CT molecular complexity index is 322. The Morgan fingerprint density at radius 1 is 1.35 bits per heavy atom. The summed E-state index contributed by atoms with van der Waals surface area (Å²) < 4.78 is 1.01. The highest BCUT2D eigenvalue weighted by Gasteiger charge is 2.13. The third-order valence-corrected chi connectivity index (χ3v) is 3.19. The molecule has 0 aromatic carbocycles. The summed E-state index contributed by atoms with van der Waals surface area (Å²) in [4.78, 5) is 6.58. The average Bonchev–Trinajstić information content (AvgIpc) is 2.25. The Balaban J connectivity index is 2.48. The molecule has 0 saturated carbocycles. The van der Waals surface area contributed by atoms with Crippen molar-refractivity contribution in [3.8, 4) is 0 Å². The van der Waals surface area contributed by atoms with E-state index in [0.29, 0.717) is 12.0 Å². The molecule has 17 heavy (non-hydrogen) atoms. The van der Waals surface area contributed by atoms with Gasteiger partial charge in [0, 0.05) is 23.3 Å². The molecule has 0 amide bonds. The summed E-state index contributed by atoms with van der Waals surface area (Å²) in [6.45, 7) is 5.45. The van der Waals surface area contributed by atoms with Crippen LogP contribution in [-0.4, -0.2) is 36.6 Å². The fourth-order valence-electron chi connectivity index (χ4n) is 1.72. The zero-order chi connectivity index (χ0) is 12.8. The van der Waals surface area contributed by atoms with Crippen molar-refractivity contribution in [2.75, 3.05) is 26.0 Å². The summed E-state index contributed by atoms with van der Waals surface area (Å²) >= 11 is 3.38. The first kappa shape index (κ1) is 14.5. The number of hydrogen-bond acceptors (Lipinski definition) is 3. The quantitative estimate of drug-likeness (QED) is 0.874. The first-order valence-electron chi connectivity index (χ1n) is 6.01. The van der Waals surface area contributed by atoms with Gasteiger partial charge in [0.1, 0.15) is 5.82 Å². The molecule has 4 heteroatoms. The van der Waals surface area contributed by atoms with Gasteiger partial charge in [-0.15, -0.1) is 0 Å². The first-order valence-corrected chi connectivity index (χ1v) is 6.80. The Kier molecular flexibility index (Phi) is 5.92. The molecule has 1 aromatic rings. The Hall–Kier alpha value is -0.610. The number of halogens is 1. The van der Waals surface area contributed by atoms with E-state index in [1.807, 2.05) is 18.3 Å². The van der Waals surface area contributed by atoms with E-state index in [0.717, 1.165) is 16.8 Å². The predicted molar refractivity (Wildman–Crippen MR) is 77.4 cm³/mol. The van der Waals surface area contributed by atoms with Crippen LogP contribution in [0.2, 0.25) is 0 Å². The van der Waals surface area contributed by atoms with Gasteiger partial charge < -0.3 is 10.2 Å². The standard InChI is InChI=1S/C13H22BrN3/c1-10(2)7-12(17(3)4)9-16-13-6-5-11(14)8-15-13/h5-6,8,10,12H,7,9H2,1-4H3,(H,15,16). The van der Waals surface area contributed by atoms with Crippen LogP contribution in [0.15, 0.2) is 22.8 Å². The molecule has 0 saturated heterocycles. The van der Waals surface area contributed by atoms with Crippen LogP contribution in [0.4, 0.5) is 5.82 Å². The number of rotatable bonds is 6. The second-order valence-corrected chi connectivity index (χ2v) is 5.91. The highest BCUT2D eigenvalue weighted by atomic mass is 79.9. The molecule has 0 aliphatic heterocycles. The highest BCUT2D eigenvalue weighted by molar-refractivity contribution is 9.10. The predicted octanol–water partition coefficient (Wildman–Crippen LogP) is 3.23. The number of hydrogen-bond donors (Lipinski definition) is 1. The minimum atomic E-state index is 0.542. The van der Waals surface area contributed by atoms with Gasteiger partial charge in [0.05, 0.1) is 0 Å². The third-order valence-electron chi connectivity index (χ3n) is 2.72. The summed E-state index contributed by atoms with van der Waals surface area (Å²) in [5.74, 6) is 1.64. The lowest BCUT2D eigenvalue weighted by molar-refractivity contribution is 0.266. The fraction of sp³-hybridized carbons (Fsp3) is 0.615. The van der Waals surface area contributed by atoms with E-state index in [4.69, 9.17) is 0 Å². The molecule has 1 atom stereocenters. The third kappa shape index (κ3) is 5.50. The van der Waals surface area contributed by atoms with Gasteiger partial charge in [-0.05, 0) is 54.5 Å². The molecule has 0 aliphatic rings. The van der Waals surface area contributed by atoms with Crippen molar-refractivity contribution in [1.82, 2.24) is 9.88 Å². The van der Waals surface area contributed by atoms with Crippen LogP contribution in [0.3, 0.4) is 0 Å². The fourth-order valence-corrected chi connectivity index (χ4v) is 1.96. The lowest BCUT2D eigenvalue weighted by Crippen LogP contribution is -2.35.